The van der Waals surface area contributed by atoms with Crippen molar-refractivity contribution in [2.75, 3.05) is 50.1 Å². The standard InChI is InChI=1S/C45H54ClF3N8O8/c1-24(2)37(54-43(63)64-7)41(61)57-20-25(3)16-34(57)39-51-33(22-58)38(53-39)28-10-8-27(9-11-28)30-17-31(46)32(18-35(30)65-45(47,48)49)52-40(60)29-12-13-36(50-19-29)56-15-14-55(21-26(56)4)42(62)44(5,6)23-59/h8-13,17-19,24-26,34,37,58-59H,14-16,20-23H2,1-7H3,(H,51,53)(H,52,60)(H,54,63)/t25-,26+,34-,37-/m0/s1. The Labute approximate surface area is 379 Å². The van der Waals surface area contributed by atoms with Crippen LogP contribution in [0, 0.1) is 17.3 Å². The summed E-state index contributed by atoms with van der Waals surface area (Å²) in [7, 11) is 1.22. The van der Waals surface area contributed by atoms with Gasteiger partial charge in [-0.15, -0.1) is 13.2 Å². The van der Waals surface area contributed by atoms with Crippen LogP contribution in [0.2, 0.25) is 5.02 Å². The molecule has 0 unspecified atom stereocenters. The number of ether oxygens (including phenoxy) is 2. The molecule has 0 saturated carbocycles. The number of aliphatic hydroxyl groups is 2. The normalized spacial score (nSPS) is 18.4. The number of anilines is 2. The van der Waals surface area contributed by atoms with Crippen molar-refractivity contribution in [1.82, 2.24) is 30.1 Å². The summed E-state index contributed by atoms with van der Waals surface area (Å²) in [6.07, 6.45) is -3.94. The molecule has 0 aliphatic carbocycles. The molecule has 4 atom stereocenters. The number of pyridine rings is 1. The van der Waals surface area contributed by atoms with E-state index in [9.17, 15) is 42.6 Å². The highest BCUT2D eigenvalue weighted by Gasteiger charge is 2.41. The van der Waals surface area contributed by atoms with Gasteiger partial charge in [-0.05, 0) is 62.8 Å². The average molecular weight is 927 g/mol. The molecule has 4 amide bonds. The summed E-state index contributed by atoms with van der Waals surface area (Å²) in [6, 6.07) is 10.2. The summed E-state index contributed by atoms with van der Waals surface area (Å²) < 4.78 is 50.7. The summed E-state index contributed by atoms with van der Waals surface area (Å²) in [5.74, 6) is -0.950. The first kappa shape index (κ1) is 48.5. The SMILES string of the molecule is COC(=O)N[C@H](C(=O)N1C[C@@H](C)C[C@H]1c1nc(-c2ccc(-c3cc(Cl)c(NC(=O)c4ccc(N5CCN(C(=O)C(C)(C)CO)C[C@H]5C)nc4)cc3OC(F)(F)F)cc2)c(CO)[nH]1)C(C)C. The van der Waals surface area contributed by atoms with Gasteiger partial charge in [0, 0.05) is 55.6 Å². The van der Waals surface area contributed by atoms with E-state index in [-0.39, 0.29) is 63.7 Å². The number of piperazine rings is 1. The van der Waals surface area contributed by atoms with Gasteiger partial charge in [-0.3, -0.25) is 14.4 Å². The zero-order valence-electron chi connectivity index (χ0n) is 37.1. The van der Waals surface area contributed by atoms with Crippen LogP contribution in [0.5, 0.6) is 5.75 Å². The number of aromatic nitrogens is 3. The number of methoxy groups -OCH3 is 1. The Morgan fingerprint density at radius 2 is 1.69 bits per heavy atom. The molecular formula is C45H54ClF3N8O8. The molecule has 0 radical (unpaired) electrons. The van der Waals surface area contributed by atoms with E-state index in [1.807, 2.05) is 32.6 Å². The number of aromatic amines is 1. The summed E-state index contributed by atoms with van der Waals surface area (Å²) in [4.78, 5) is 69.9. The minimum atomic E-state index is -5.10. The maximum absolute atomic E-state index is 13.8. The molecule has 2 aliphatic heterocycles. The zero-order chi connectivity index (χ0) is 47.5. The largest absolute Gasteiger partial charge is 0.573 e. The van der Waals surface area contributed by atoms with Gasteiger partial charge in [0.2, 0.25) is 11.8 Å². The van der Waals surface area contributed by atoms with Crippen molar-refractivity contribution in [2.24, 2.45) is 17.3 Å². The van der Waals surface area contributed by atoms with Crippen LogP contribution < -0.4 is 20.3 Å². The molecule has 20 heteroatoms. The van der Waals surface area contributed by atoms with Crippen molar-refractivity contribution in [2.45, 2.75) is 79.1 Å². The number of H-pyrrole nitrogens is 1. The highest BCUT2D eigenvalue weighted by Crippen LogP contribution is 2.42. The molecule has 6 rings (SSSR count). The summed E-state index contributed by atoms with van der Waals surface area (Å²) >= 11 is 6.60. The van der Waals surface area contributed by atoms with Crippen LogP contribution in [0.4, 0.5) is 29.5 Å². The van der Waals surface area contributed by atoms with Gasteiger partial charge in [0.05, 0.1) is 59.4 Å². The number of hydrogen-bond donors (Lipinski definition) is 5. The third-order valence-corrected chi connectivity index (χ3v) is 12.0. The third-order valence-electron chi connectivity index (χ3n) is 11.7. The van der Waals surface area contributed by atoms with E-state index in [0.29, 0.717) is 61.2 Å². The summed E-state index contributed by atoms with van der Waals surface area (Å²) in [6.45, 7) is 11.9. The molecule has 5 N–H and O–H groups in total. The molecule has 65 heavy (non-hydrogen) atoms. The number of amides is 4. The molecule has 0 spiro atoms. The van der Waals surface area contributed by atoms with Crippen molar-refractivity contribution in [3.8, 4) is 28.1 Å². The van der Waals surface area contributed by atoms with E-state index in [0.717, 1.165) is 6.07 Å². The van der Waals surface area contributed by atoms with E-state index in [2.05, 4.69) is 25.3 Å². The van der Waals surface area contributed by atoms with Gasteiger partial charge < -0.3 is 50.0 Å². The number of alkyl halides is 3. The van der Waals surface area contributed by atoms with Crippen molar-refractivity contribution in [3.05, 3.63) is 76.8 Å². The van der Waals surface area contributed by atoms with Gasteiger partial charge in [-0.2, -0.15) is 0 Å². The van der Waals surface area contributed by atoms with Crippen LogP contribution in [0.25, 0.3) is 22.4 Å². The molecule has 0 bridgehead atoms. The number of hydrogen-bond acceptors (Lipinski definition) is 11. The first-order valence-electron chi connectivity index (χ1n) is 21.1. The first-order valence-corrected chi connectivity index (χ1v) is 21.5. The fourth-order valence-corrected chi connectivity index (χ4v) is 8.33. The maximum Gasteiger partial charge on any atom is 0.573 e. The Balaban J connectivity index is 1.20. The highest BCUT2D eigenvalue weighted by molar-refractivity contribution is 6.34. The Kier molecular flexibility index (Phi) is 14.7. The Hall–Kier alpha value is -5.92. The Morgan fingerprint density at radius 3 is 2.28 bits per heavy atom. The van der Waals surface area contributed by atoms with E-state index in [4.69, 9.17) is 21.3 Å². The number of benzene rings is 2. The fourth-order valence-electron chi connectivity index (χ4n) is 8.12. The molecule has 2 aliphatic rings. The van der Waals surface area contributed by atoms with Crippen LogP contribution in [-0.2, 0) is 20.9 Å². The molecule has 2 fully saturated rings. The zero-order valence-corrected chi connectivity index (χ0v) is 37.9. The van der Waals surface area contributed by atoms with Crippen molar-refractivity contribution in [1.29, 1.82) is 0 Å². The van der Waals surface area contributed by atoms with Gasteiger partial charge in [-0.25, -0.2) is 14.8 Å². The molecule has 2 aromatic carbocycles. The van der Waals surface area contributed by atoms with E-state index in [1.54, 1.807) is 54.0 Å². The number of imidazole rings is 1. The van der Waals surface area contributed by atoms with E-state index < -0.39 is 48.2 Å². The number of likely N-dealkylation sites (tertiary alicyclic amines) is 1. The number of alkyl carbamates (subject to hydrolysis) is 1. The van der Waals surface area contributed by atoms with Gasteiger partial charge >= 0.3 is 12.5 Å². The van der Waals surface area contributed by atoms with Gasteiger partial charge in [-0.1, -0.05) is 56.6 Å². The molecule has 4 aromatic rings. The van der Waals surface area contributed by atoms with Crippen molar-refractivity contribution < 1.29 is 52.0 Å². The molecular weight excluding hydrogens is 873 g/mol. The number of aliphatic hydroxyl groups excluding tert-OH is 2. The van der Waals surface area contributed by atoms with Crippen LogP contribution in [-0.4, -0.2) is 117 Å². The number of nitrogens with one attached hydrogen (secondary N) is 3. The lowest BCUT2D eigenvalue weighted by molar-refractivity contribution is -0.274. The lowest BCUT2D eigenvalue weighted by atomic mass is 9.92. The van der Waals surface area contributed by atoms with E-state index >= 15 is 0 Å². The van der Waals surface area contributed by atoms with Crippen molar-refractivity contribution in [3.63, 3.8) is 0 Å². The van der Waals surface area contributed by atoms with Crippen LogP contribution in [0.1, 0.15) is 75.9 Å². The minimum Gasteiger partial charge on any atom is -0.453 e. The smallest absolute Gasteiger partial charge is 0.453 e. The van der Waals surface area contributed by atoms with Crippen LogP contribution in [0.3, 0.4) is 0 Å². The minimum absolute atomic E-state index is 0.0294. The van der Waals surface area contributed by atoms with Gasteiger partial charge in [0.15, 0.2) is 0 Å². The molecule has 16 nitrogen and oxygen atoms in total. The molecule has 350 valence electrons. The quantitative estimate of drug-likeness (QED) is 0.0946. The second-order valence-corrected chi connectivity index (χ2v) is 17.9. The second kappa shape index (κ2) is 19.7. The molecule has 2 saturated heterocycles. The van der Waals surface area contributed by atoms with Crippen molar-refractivity contribution >= 4 is 46.9 Å². The highest BCUT2D eigenvalue weighted by atomic mass is 35.5. The maximum atomic E-state index is 13.8. The number of nitrogens with zero attached hydrogens (tertiary/aromatic N) is 5. The predicted molar refractivity (Wildman–Crippen MR) is 236 cm³/mol. The van der Waals surface area contributed by atoms with Crippen LogP contribution in [0.15, 0.2) is 54.7 Å². The van der Waals surface area contributed by atoms with Gasteiger partial charge in [0.1, 0.15) is 23.4 Å². The summed E-state index contributed by atoms with van der Waals surface area (Å²) in [5, 5.41) is 25.1. The average Bonchev–Trinajstić information content (AvgIpc) is 3.89. The predicted octanol–water partition coefficient (Wildman–Crippen LogP) is 6.78. The summed E-state index contributed by atoms with van der Waals surface area (Å²) in [5.41, 5.74) is 0.542. The molecule has 2 aromatic heterocycles. The number of halogens is 4. The number of rotatable bonds is 13. The topological polar surface area (TPSA) is 203 Å². The lowest BCUT2D eigenvalue weighted by Gasteiger charge is -2.42. The Bertz CT molecular complexity index is 2380. The third kappa shape index (κ3) is 11.0. The fraction of sp³-hybridized carbons (Fsp3) is 0.467. The monoisotopic (exact) mass is 926 g/mol. The Morgan fingerprint density at radius 1 is 1.00 bits per heavy atom. The van der Waals surface area contributed by atoms with E-state index in [1.165, 1.54) is 25.4 Å². The molecule has 4 heterocycles. The van der Waals surface area contributed by atoms with Gasteiger partial charge in [0.25, 0.3) is 5.91 Å². The number of carbonyl (C=O) groups is 4. The van der Waals surface area contributed by atoms with Crippen LogP contribution >= 0.6 is 11.6 Å². The second-order valence-electron chi connectivity index (χ2n) is 17.5. The first-order chi connectivity index (χ1) is 30.6. The lowest BCUT2D eigenvalue weighted by Crippen LogP contribution is -2.56. The number of carbonyl (C=O) groups excluding carboxylic acids is 4.